The Labute approximate surface area is 196 Å². The van der Waals surface area contributed by atoms with Crippen molar-refractivity contribution in [3.8, 4) is 17.5 Å². The summed E-state index contributed by atoms with van der Waals surface area (Å²) >= 11 is 0. The van der Waals surface area contributed by atoms with Crippen molar-refractivity contribution in [3.05, 3.63) is 41.5 Å². The number of likely N-dealkylation sites (tertiary alicyclic amines) is 1. The number of nitrogens with zero attached hydrogens (tertiary/aromatic N) is 3. The molecule has 0 unspecified atom stereocenters. The van der Waals surface area contributed by atoms with Crippen LogP contribution in [-0.4, -0.2) is 59.0 Å². The molecule has 182 valence electrons. The number of hydrogen-bond acceptors (Lipinski definition) is 8. The highest BCUT2D eigenvalue weighted by Crippen LogP contribution is 2.32. The highest BCUT2D eigenvalue weighted by molar-refractivity contribution is 5.70. The topological polar surface area (TPSA) is 112 Å². The van der Waals surface area contributed by atoms with E-state index in [1.165, 1.54) is 18.5 Å². The first kappa shape index (κ1) is 23.5. The van der Waals surface area contributed by atoms with Crippen LogP contribution in [0.2, 0.25) is 0 Å². The summed E-state index contributed by atoms with van der Waals surface area (Å²) in [6.45, 7) is 6.55. The SMILES string of the molecule is Cc1c(Oc2ccc([C@@H]3COC(=O)N3)cc2F)ncnc1OC1CCN(C(=O)OC(C)C)CC1. The van der Waals surface area contributed by atoms with Gasteiger partial charge >= 0.3 is 12.2 Å². The number of halogens is 1. The molecule has 2 aromatic rings. The number of alkyl carbamates (subject to hydrolysis) is 1. The zero-order valence-corrected chi connectivity index (χ0v) is 19.2. The van der Waals surface area contributed by atoms with Gasteiger partial charge in [-0.1, -0.05) is 6.07 Å². The van der Waals surface area contributed by atoms with Crippen LogP contribution in [-0.2, 0) is 9.47 Å². The molecule has 1 atom stereocenters. The molecule has 2 aliphatic rings. The fourth-order valence-electron chi connectivity index (χ4n) is 3.72. The average molecular weight is 474 g/mol. The smallest absolute Gasteiger partial charge is 0.410 e. The molecule has 4 rings (SSSR count). The fourth-order valence-corrected chi connectivity index (χ4v) is 3.72. The summed E-state index contributed by atoms with van der Waals surface area (Å²) in [5, 5.41) is 2.60. The molecule has 10 nitrogen and oxygen atoms in total. The normalized spacial score (nSPS) is 18.4. The lowest BCUT2D eigenvalue weighted by Gasteiger charge is -2.31. The highest BCUT2D eigenvalue weighted by atomic mass is 19.1. The van der Waals surface area contributed by atoms with Gasteiger partial charge in [-0.15, -0.1) is 0 Å². The minimum atomic E-state index is -0.597. The van der Waals surface area contributed by atoms with Crippen LogP contribution in [0.5, 0.6) is 17.5 Å². The maximum Gasteiger partial charge on any atom is 0.410 e. The Kier molecular flexibility index (Phi) is 6.99. The molecular formula is C23H27FN4O6. The van der Waals surface area contributed by atoms with Crippen LogP contribution in [0, 0.1) is 12.7 Å². The molecule has 0 radical (unpaired) electrons. The number of ether oxygens (including phenoxy) is 4. The minimum absolute atomic E-state index is 0.0151. The molecule has 0 bridgehead atoms. The summed E-state index contributed by atoms with van der Waals surface area (Å²) in [6.07, 6.45) is 1.40. The fraction of sp³-hybridized carbons (Fsp3) is 0.478. The van der Waals surface area contributed by atoms with Gasteiger partial charge in [0, 0.05) is 25.9 Å². The van der Waals surface area contributed by atoms with Crippen molar-refractivity contribution in [2.45, 2.75) is 51.9 Å². The molecule has 2 aliphatic heterocycles. The summed E-state index contributed by atoms with van der Waals surface area (Å²) in [5.41, 5.74) is 1.10. The predicted molar refractivity (Wildman–Crippen MR) is 117 cm³/mol. The van der Waals surface area contributed by atoms with Crippen molar-refractivity contribution in [2.24, 2.45) is 0 Å². The summed E-state index contributed by atoms with van der Waals surface area (Å²) in [4.78, 5) is 33.2. The van der Waals surface area contributed by atoms with E-state index in [-0.39, 0.29) is 36.5 Å². The van der Waals surface area contributed by atoms with Crippen LogP contribution in [0.25, 0.3) is 0 Å². The second-order valence-corrected chi connectivity index (χ2v) is 8.43. The number of nitrogens with one attached hydrogen (secondary N) is 1. The number of aromatic nitrogens is 2. The van der Waals surface area contributed by atoms with Gasteiger partial charge < -0.3 is 29.2 Å². The zero-order chi connectivity index (χ0) is 24.2. The average Bonchev–Trinajstić information content (AvgIpc) is 3.24. The molecule has 1 aromatic heterocycles. The summed E-state index contributed by atoms with van der Waals surface area (Å²) < 4.78 is 36.5. The number of carbonyl (C=O) groups excluding carboxylic acids is 2. The Morgan fingerprint density at radius 3 is 2.62 bits per heavy atom. The third-order valence-electron chi connectivity index (χ3n) is 5.54. The van der Waals surface area contributed by atoms with Gasteiger partial charge in [0.2, 0.25) is 11.8 Å². The van der Waals surface area contributed by atoms with Crippen LogP contribution < -0.4 is 14.8 Å². The largest absolute Gasteiger partial charge is 0.474 e. The van der Waals surface area contributed by atoms with Crippen molar-refractivity contribution >= 4 is 12.2 Å². The number of amides is 2. The van der Waals surface area contributed by atoms with E-state index in [0.717, 1.165) is 0 Å². The Hall–Kier alpha value is -3.63. The van der Waals surface area contributed by atoms with E-state index >= 15 is 0 Å². The molecule has 2 amide bonds. The van der Waals surface area contributed by atoms with Crippen molar-refractivity contribution in [1.82, 2.24) is 20.2 Å². The number of piperidine rings is 1. The number of hydrogen-bond donors (Lipinski definition) is 1. The predicted octanol–water partition coefficient (Wildman–Crippen LogP) is 3.89. The third kappa shape index (κ3) is 5.46. The molecule has 2 saturated heterocycles. The van der Waals surface area contributed by atoms with E-state index in [1.54, 1.807) is 17.9 Å². The van der Waals surface area contributed by atoms with Gasteiger partial charge in [0.15, 0.2) is 11.6 Å². The van der Waals surface area contributed by atoms with E-state index in [2.05, 4.69) is 15.3 Å². The van der Waals surface area contributed by atoms with E-state index < -0.39 is 18.0 Å². The molecule has 0 aliphatic carbocycles. The molecular weight excluding hydrogens is 447 g/mol. The van der Waals surface area contributed by atoms with Gasteiger partial charge in [-0.25, -0.2) is 23.9 Å². The second-order valence-electron chi connectivity index (χ2n) is 8.43. The molecule has 1 N–H and O–H groups in total. The number of benzene rings is 1. The van der Waals surface area contributed by atoms with Gasteiger partial charge in [-0.3, -0.25) is 0 Å². The zero-order valence-electron chi connectivity index (χ0n) is 19.2. The summed E-state index contributed by atoms with van der Waals surface area (Å²) in [7, 11) is 0. The second kappa shape index (κ2) is 10.1. The van der Waals surface area contributed by atoms with Crippen molar-refractivity contribution in [3.63, 3.8) is 0 Å². The Balaban J connectivity index is 1.38. The first-order chi connectivity index (χ1) is 16.3. The lowest BCUT2D eigenvalue weighted by molar-refractivity contribution is 0.0505. The van der Waals surface area contributed by atoms with Gasteiger partial charge in [0.1, 0.15) is 19.0 Å². The Morgan fingerprint density at radius 1 is 1.24 bits per heavy atom. The maximum absolute atomic E-state index is 14.7. The van der Waals surface area contributed by atoms with Gasteiger partial charge in [-0.2, -0.15) is 0 Å². The van der Waals surface area contributed by atoms with E-state index in [9.17, 15) is 14.0 Å². The lowest BCUT2D eigenvalue weighted by atomic mass is 10.1. The Bertz CT molecular complexity index is 1060. The molecule has 11 heteroatoms. The van der Waals surface area contributed by atoms with E-state index in [1.807, 2.05) is 13.8 Å². The standard InChI is InChI=1S/C23H27FN4O6/c1-13(2)32-23(30)28-8-6-16(7-9-28)33-20-14(3)21(26-12-25-20)34-19-5-4-15(10-17(19)24)18-11-31-22(29)27-18/h4-5,10,12-13,16,18H,6-9,11H2,1-3H3,(H,27,29)/t18-/m0/s1. The van der Waals surface area contributed by atoms with E-state index in [0.29, 0.717) is 42.9 Å². The summed E-state index contributed by atoms with van der Waals surface area (Å²) in [6, 6.07) is 4.02. The van der Waals surface area contributed by atoms with Crippen LogP contribution in [0.1, 0.15) is 43.9 Å². The first-order valence-electron chi connectivity index (χ1n) is 11.1. The summed E-state index contributed by atoms with van der Waals surface area (Å²) in [5.74, 6) is -0.0957. The van der Waals surface area contributed by atoms with Gasteiger partial charge in [0.05, 0.1) is 17.7 Å². The van der Waals surface area contributed by atoms with Crippen molar-refractivity contribution in [2.75, 3.05) is 19.7 Å². The van der Waals surface area contributed by atoms with Crippen LogP contribution in [0.15, 0.2) is 24.5 Å². The lowest BCUT2D eigenvalue weighted by Crippen LogP contribution is -2.42. The first-order valence-corrected chi connectivity index (χ1v) is 11.1. The molecule has 0 saturated carbocycles. The van der Waals surface area contributed by atoms with Crippen molar-refractivity contribution in [1.29, 1.82) is 0 Å². The molecule has 3 heterocycles. The van der Waals surface area contributed by atoms with E-state index in [4.69, 9.17) is 18.9 Å². The van der Waals surface area contributed by atoms with Crippen LogP contribution in [0.4, 0.5) is 14.0 Å². The maximum atomic E-state index is 14.7. The number of cyclic esters (lactones) is 1. The molecule has 34 heavy (non-hydrogen) atoms. The molecule has 2 fully saturated rings. The van der Waals surface area contributed by atoms with Gasteiger partial charge in [-0.05, 0) is 38.5 Å². The highest BCUT2D eigenvalue weighted by Gasteiger charge is 2.27. The minimum Gasteiger partial charge on any atom is -0.474 e. The molecule has 0 spiro atoms. The molecule has 1 aromatic carbocycles. The Morgan fingerprint density at radius 2 is 1.97 bits per heavy atom. The quantitative estimate of drug-likeness (QED) is 0.671. The third-order valence-corrected chi connectivity index (χ3v) is 5.54. The number of rotatable bonds is 6. The van der Waals surface area contributed by atoms with Gasteiger partial charge in [0.25, 0.3) is 0 Å². The number of carbonyl (C=O) groups is 2. The van der Waals surface area contributed by atoms with Crippen molar-refractivity contribution < 1.29 is 32.9 Å². The van der Waals surface area contributed by atoms with Crippen LogP contribution in [0.3, 0.4) is 0 Å². The van der Waals surface area contributed by atoms with Crippen LogP contribution >= 0.6 is 0 Å². The monoisotopic (exact) mass is 474 g/mol.